The molecule has 1 rings (SSSR count). The molecule has 0 spiro atoms. The molecule has 0 aromatic rings. The zero-order chi connectivity index (χ0) is 10.8. The van der Waals surface area contributed by atoms with Crippen LogP contribution < -0.4 is 5.73 Å². The number of hydrogen-bond donors (Lipinski definition) is 2. The van der Waals surface area contributed by atoms with Crippen LogP contribution in [0.1, 0.15) is 0 Å². The normalized spacial score (nSPS) is 29.8. The Kier molecular flexibility index (Phi) is 3.74. The summed E-state index contributed by atoms with van der Waals surface area (Å²) >= 11 is 0. The van der Waals surface area contributed by atoms with Gasteiger partial charge in [-0.3, -0.25) is 0 Å². The molecule has 1 aliphatic heterocycles. The first kappa shape index (κ1) is 11.7. The van der Waals surface area contributed by atoms with Crippen molar-refractivity contribution in [3.8, 4) is 0 Å². The molecule has 1 saturated heterocycles. The van der Waals surface area contributed by atoms with Crippen molar-refractivity contribution in [3.63, 3.8) is 0 Å². The van der Waals surface area contributed by atoms with Gasteiger partial charge in [0.2, 0.25) is 0 Å². The van der Waals surface area contributed by atoms with Gasteiger partial charge < -0.3 is 15.7 Å². The first-order chi connectivity index (χ1) is 6.49. The first-order valence-electron chi connectivity index (χ1n) is 4.59. The number of nitrogens with zero attached hydrogens (tertiary/aromatic N) is 1. The molecular weight excluding hydrogens is 197 g/mol. The number of aliphatic hydroxyl groups is 1. The Hall–Kier alpha value is -0.330. The largest absolute Gasteiger partial charge is 0.396 e. The van der Waals surface area contributed by atoms with Gasteiger partial charge >= 0.3 is 6.18 Å². The maximum Gasteiger partial charge on any atom is 0.393 e. The van der Waals surface area contributed by atoms with Crippen LogP contribution in [0.15, 0.2) is 0 Å². The van der Waals surface area contributed by atoms with Crippen LogP contribution in [0.2, 0.25) is 0 Å². The smallest absolute Gasteiger partial charge is 0.393 e. The SMILES string of the molecule is NCCN1C[C@@H](CO)[C@@H](C(F)(F)F)C1. The van der Waals surface area contributed by atoms with Gasteiger partial charge in [0.25, 0.3) is 0 Å². The van der Waals surface area contributed by atoms with Gasteiger partial charge in [0.15, 0.2) is 0 Å². The lowest BCUT2D eigenvalue weighted by atomic mass is 9.97. The molecule has 0 bridgehead atoms. The van der Waals surface area contributed by atoms with Crippen LogP contribution in [0.5, 0.6) is 0 Å². The minimum Gasteiger partial charge on any atom is -0.396 e. The molecule has 2 atom stereocenters. The Morgan fingerprint density at radius 1 is 1.36 bits per heavy atom. The van der Waals surface area contributed by atoms with Crippen molar-refractivity contribution in [2.24, 2.45) is 17.6 Å². The molecule has 84 valence electrons. The highest BCUT2D eigenvalue weighted by atomic mass is 19.4. The van der Waals surface area contributed by atoms with Gasteiger partial charge in [0.05, 0.1) is 5.92 Å². The van der Waals surface area contributed by atoms with Gasteiger partial charge in [-0.25, -0.2) is 0 Å². The van der Waals surface area contributed by atoms with Crippen molar-refractivity contribution in [3.05, 3.63) is 0 Å². The highest BCUT2D eigenvalue weighted by Gasteiger charge is 2.48. The van der Waals surface area contributed by atoms with Gasteiger partial charge in [-0.1, -0.05) is 0 Å². The standard InChI is InChI=1S/C8H15F3N2O/c9-8(10,11)7-4-13(2-1-12)3-6(7)5-14/h6-7,14H,1-5,12H2/t6-,7-/m0/s1. The average molecular weight is 212 g/mol. The number of halogens is 3. The Bertz CT molecular complexity index is 186. The maximum atomic E-state index is 12.4. The lowest BCUT2D eigenvalue weighted by Crippen LogP contribution is -2.32. The van der Waals surface area contributed by atoms with E-state index in [1.807, 2.05) is 0 Å². The molecular formula is C8H15F3N2O. The number of likely N-dealkylation sites (tertiary alicyclic amines) is 1. The molecule has 1 aliphatic rings. The highest BCUT2D eigenvalue weighted by molar-refractivity contribution is 4.87. The Morgan fingerprint density at radius 2 is 2.00 bits per heavy atom. The fourth-order valence-electron chi connectivity index (χ4n) is 1.88. The topological polar surface area (TPSA) is 49.5 Å². The van der Waals surface area contributed by atoms with Crippen LogP contribution in [0.4, 0.5) is 13.2 Å². The average Bonchev–Trinajstić information content (AvgIpc) is 2.47. The Labute approximate surface area is 80.7 Å². The van der Waals surface area contributed by atoms with Gasteiger partial charge in [0, 0.05) is 38.7 Å². The Morgan fingerprint density at radius 3 is 2.36 bits per heavy atom. The van der Waals surface area contributed by atoms with Gasteiger partial charge in [-0.2, -0.15) is 13.2 Å². The number of nitrogens with two attached hydrogens (primary N) is 1. The molecule has 0 aromatic heterocycles. The molecule has 0 saturated carbocycles. The third kappa shape index (κ3) is 2.59. The number of aliphatic hydroxyl groups excluding tert-OH is 1. The lowest BCUT2D eigenvalue weighted by Gasteiger charge is -2.19. The molecule has 3 nitrogen and oxygen atoms in total. The van der Waals surface area contributed by atoms with E-state index in [4.69, 9.17) is 10.8 Å². The predicted molar refractivity (Wildman–Crippen MR) is 45.6 cm³/mol. The first-order valence-corrected chi connectivity index (χ1v) is 4.59. The maximum absolute atomic E-state index is 12.4. The van der Waals surface area contributed by atoms with E-state index >= 15 is 0 Å². The second-order valence-electron chi connectivity index (χ2n) is 3.64. The molecule has 0 amide bonds. The second-order valence-corrected chi connectivity index (χ2v) is 3.64. The van der Waals surface area contributed by atoms with E-state index in [0.29, 0.717) is 13.1 Å². The summed E-state index contributed by atoms with van der Waals surface area (Å²) in [4.78, 5) is 1.65. The zero-order valence-electron chi connectivity index (χ0n) is 7.80. The van der Waals surface area contributed by atoms with Crippen LogP contribution in [-0.4, -0.2) is 49.0 Å². The zero-order valence-corrected chi connectivity index (χ0v) is 7.80. The van der Waals surface area contributed by atoms with Crippen molar-refractivity contribution in [1.82, 2.24) is 4.90 Å². The molecule has 6 heteroatoms. The van der Waals surface area contributed by atoms with Crippen LogP contribution in [0.25, 0.3) is 0 Å². The summed E-state index contributed by atoms with van der Waals surface area (Å²) in [5.74, 6) is -2.10. The van der Waals surface area contributed by atoms with Crippen LogP contribution >= 0.6 is 0 Å². The third-order valence-electron chi connectivity index (χ3n) is 2.62. The number of alkyl halides is 3. The summed E-state index contributed by atoms with van der Waals surface area (Å²) in [6.45, 7) is 0.654. The molecule has 0 aliphatic carbocycles. The van der Waals surface area contributed by atoms with Gasteiger partial charge in [-0.05, 0) is 0 Å². The van der Waals surface area contributed by atoms with E-state index in [2.05, 4.69) is 0 Å². The van der Waals surface area contributed by atoms with Crippen molar-refractivity contribution >= 4 is 0 Å². The molecule has 3 N–H and O–H groups in total. The number of rotatable bonds is 3. The molecule has 14 heavy (non-hydrogen) atoms. The fraction of sp³-hybridized carbons (Fsp3) is 1.00. The van der Waals surface area contributed by atoms with E-state index in [0.717, 1.165) is 0 Å². The van der Waals surface area contributed by atoms with E-state index < -0.39 is 24.6 Å². The van der Waals surface area contributed by atoms with Crippen molar-refractivity contribution < 1.29 is 18.3 Å². The second kappa shape index (κ2) is 4.46. The van der Waals surface area contributed by atoms with Crippen molar-refractivity contribution in [2.45, 2.75) is 6.18 Å². The summed E-state index contributed by atoms with van der Waals surface area (Å²) < 4.78 is 37.3. The van der Waals surface area contributed by atoms with E-state index in [9.17, 15) is 13.2 Å². The minimum absolute atomic E-state index is 0.0358. The van der Waals surface area contributed by atoms with E-state index in [-0.39, 0.29) is 13.1 Å². The summed E-state index contributed by atoms with van der Waals surface area (Å²) in [5, 5.41) is 8.83. The van der Waals surface area contributed by atoms with E-state index in [1.54, 1.807) is 4.90 Å². The van der Waals surface area contributed by atoms with Gasteiger partial charge in [-0.15, -0.1) is 0 Å². The fourth-order valence-corrected chi connectivity index (χ4v) is 1.88. The van der Waals surface area contributed by atoms with Crippen molar-refractivity contribution in [2.75, 3.05) is 32.8 Å². The molecule has 1 heterocycles. The quantitative estimate of drug-likeness (QED) is 0.695. The lowest BCUT2D eigenvalue weighted by molar-refractivity contribution is -0.183. The Balaban J connectivity index is 2.58. The summed E-state index contributed by atoms with van der Waals surface area (Å²) in [6.07, 6.45) is -4.21. The molecule has 0 aromatic carbocycles. The molecule has 0 unspecified atom stereocenters. The van der Waals surface area contributed by atoms with Crippen LogP contribution in [0.3, 0.4) is 0 Å². The molecule has 1 fully saturated rings. The van der Waals surface area contributed by atoms with Gasteiger partial charge in [0.1, 0.15) is 0 Å². The third-order valence-corrected chi connectivity index (χ3v) is 2.62. The monoisotopic (exact) mass is 212 g/mol. The van der Waals surface area contributed by atoms with E-state index in [1.165, 1.54) is 0 Å². The minimum atomic E-state index is -4.21. The highest BCUT2D eigenvalue weighted by Crippen LogP contribution is 2.36. The summed E-state index contributed by atoms with van der Waals surface area (Å²) in [5.41, 5.74) is 5.26. The van der Waals surface area contributed by atoms with Crippen LogP contribution in [-0.2, 0) is 0 Å². The number of hydrogen-bond acceptors (Lipinski definition) is 3. The van der Waals surface area contributed by atoms with Crippen LogP contribution in [0, 0.1) is 11.8 Å². The summed E-state index contributed by atoms with van der Waals surface area (Å²) in [6, 6.07) is 0. The van der Waals surface area contributed by atoms with Crippen molar-refractivity contribution in [1.29, 1.82) is 0 Å². The predicted octanol–water partition coefficient (Wildman–Crippen LogP) is 0.0477. The molecule has 0 radical (unpaired) electrons. The summed E-state index contributed by atoms with van der Waals surface area (Å²) in [7, 11) is 0.